The van der Waals surface area contributed by atoms with Crippen LogP contribution in [-0.2, 0) is 6.54 Å². The number of aromatic nitrogens is 2. The first-order chi connectivity index (χ1) is 12.0. The molecule has 5 heteroatoms. The van der Waals surface area contributed by atoms with Crippen LogP contribution in [0.2, 0.25) is 0 Å². The molecule has 0 bridgehead atoms. The lowest BCUT2D eigenvalue weighted by Crippen LogP contribution is -2.40. The second-order valence-electron chi connectivity index (χ2n) is 7.04. The van der Waals surface area contributed by atoms with Gasteiger partial charge in [-0.2, -0.15) is 0 Å². The van der Waals surface area contributed by atoms with Crippen LogP contribution in [0.5, 0.6) is 5.75 Å². The largest absolute Gasteiger partial charge is 0.507 e. The summed E-state index contributed by atoms with van der Waals surface area (Å²) in [6, 6.07) is 5.33. The Labute approximate surface area is 148 Å². The number of nitrogens with zero attached hydrogens (tertiary/aromatic N) is 3. The van der Waals surface area contributed by atoms with Crippen LogP contribution in [0, 0.1) is 12.8 Å². The zero-order valence-electron chi connectivity index (χ0n) is 15.3. The molecule has 1 N–H and O–H groups in total. The van der Waals surface area contributed by atoms with Crippen molar-refractivity contribution in [3.8, 4) is 5.75 Å². The fourth-order valence-corrected chi connectivity index (χ4v) is 3.80. The molecular weight excluding hydrogens is 314 g/mol. The molecule has 3 heterocycles. The molecular formula is C20H27N3O2. The number of likely N-dealkylation sites (tertiary alicyclic amines) is 1. The van der Waals surface area contributed by atoms with E-state index in [9.17, 15) is 9.90 Å². The SMILES string of the molecule is CCn1c(C)cc(O)c([C@@H](c2cccnc2)N2CCC(C)CC2)c1=O. The number of hydrogen-bond donors (Lipinski definition) is 1. The van der Waals surface area contributed by atoms with Crippen LogP contribution >= 0.6 is 0 Å². The highest BCUT2D eigenvalue weighted by molar-refractivity contribution is 5.40. The summed E-state index contributed by atoms with van der Waals surface area (Å²) in [5, 5.41) is 10.6. The number of rotatable bonds is 4. The van der Waals surface area contributed by atoms with Crippen LogP contribution < -0.4 is 5.56 Å². The highest BCUT2D eigenvalue weighted by Gasteiger charge is 2.31. The van der Waals surface area contributed by atoms with Crippen molar-refractivity contribution >= 4 is 0 Å². The predicted molar refractivity (Wildman–Crippen MR) is 98.8 cm³/mol. The van der Waals surface area contributed by atoms with Crippen molar-refractivity contribution in [2.45, 2.75) is 46.2 Å². The smallest absolute Gasteiger partial charge is 0.259 e. The average Bonchev–Trinajstić information content (AvgIpc) is 2.60. The number of aromatic hydroxyl groups is 1. The van der Waals surface area contributed by atoms with E-state index < -0.39 is 0 Å². The lowest BCUT2D eigenvalue weighted by Gasteiger charge is -2.37. The van der Waals surface area contributed by atoms with E-state index in [2.05, 4.69) is 16.8 Å². The van der Waals surface area contributed by atoms with Crippen LogP contribution in [0.25, 0.3) is 0 Å². The molecule has 0 amide bonds. The molecule has 3 rings (SSSR count). The van der Waals surface area contributed by atoms with Crippen molar-refractivity contribution in [2.24, 2.45) is 5.92 Å². The third kappa shape index (κ3) is 3.47. The molecule has 0 saturated carbocycles. The van der Waals surface area contributed by atoms with E-state index in [1.807, 2.05) is 26.0 Å². The molecule has 1 atom stereocenters. The molecule has 1 fully saturated rings. The summed E-state index contributed by atoms with van der Waals surface area (Å²) >= 11 is 0. The molecule has 1 saturated heterocycles. The first-order valence-electron chi connectivity index (χ1n) is 9.10. The molecule has 1 aliphatic rings. The Kier molecular flexibility index (Phi) is 5.23. The van der Waals surface area contributed by atoms with Crippen LogP contribution in [-0.4, -0.2) is 32.6 Å². The summed E-state index contributed by atoms with van der Waals surface area (Å²) in [6.45, 7) is 8.50. The topological polar surface area (TPSA) is 58.4 Å². The monoisotopic (exact) mass is 341 g/mol. The second-order valence-corrected chi connectivity index (χ2v) is 7.04. The van der Waals surface area contributed by atoms with E-state index in [0.29, 0.717) is 18.0 Å². The molecule has 1 aliphatic heterocycles. The summed E-state index contributed by atoms with van der Waals surface area (Å²) in [5.41, 5.74) is 2.10. The molecule has 2 aromatic rings. The average molecular weight is 341 g/mol. The Morgan fingerprint density at radius 2 is 2.08 bits per heavy atom. The van der Waals surface area contributed by atoms with Crippen LogP contribution in [0.1, 0.15) is 49.6 Å². The Balaban J connectivity index is 2.14. The van der Waals surface area contributed by atoms with Crippen LogP contribution in [0.15, 0.2) is 35.4 Å². The van der Waals surface area contributed by atoms with E-state index in [0.717, 1.165) is 37.2 Å². The van der Waals surface area contributed by atoms with E-state index in [1.54, 1.807) is 23.0 Å². The number of pyridine rings is 2. The summed E-state index contributed by atoms with van der Waals surface area (Å²) in [6.07, 6.45) is 5.74. The van der Waals surface area contributed by atoms with Gasteiger partial charge in [0, 0.05) is 24.6 Å². The molecule has 0 aromatic carbocycles. The van der Waals surface area contributed by atoms with E-state index >= 15 is 0 Å². The highest BCUT2D eigenvalue weighted by Crippen LogP contribution is 2.34. The fraction of sp³-hybridized carbons (Fsp3) is 0.500. The maximum atomic E-state index is 13.1. The minimum atomic E-state index is -0.257. The fourth-order valence-electron chi connectivity index (χ4n) is 3.80. The molecule has 0 unspecified atom stereocenters. The van der Waals surface area contributed by atoms with Crippen LogP contribution in [0.3, 0.4) is 0 Å². The van der Waals surface area contributed by atoms with Crippen LogP contribution in [0.4, 0.5) is 0 Å². The summed E-state index contributed by atoms with van der Waals surface area (Å²) < 4.78 is 1.73. The first-order valence-corrected chi connectivity index (χ1v) is 9.10. The first kappa shape index (κ1) is 17.7. The number of piperidine rings is 1. The minimum Gasteiger partial charge on any atom is -0.507 e. The number of hydrogen-bond acceptors (Lipinski definition) is 4. The van der Waals surface area contributed by atoms with Gasteiger partial charge in [-0.1, -0.05) is 13.0 Å². The van der Waals surface area contributed by atoms with Gasteiger partial charge in [-0.05, 0) is 63.4 Å². The van der Waals surface area contributed by atoms with E-state index in [1.165, 1.54) is 0 Å². The van der Waals surface area contributed by atoms with E-state index in [4.69, 9.17) is 0 Å². The molecule has 2 aromatic heterocycles. The quantitative estimate of drug-likeness (QED) is 0.928. The zero-order chi connectivity index (χ0) is 18.0. The second kappa shape index (κ2) is 7.40. The van der Waals surface area contributed by atoms with Gasteiger partial charge in [-0.15, -0.1) is 0 Å². The van der Waals surface area contributed by atoms with Gasteiger partial charge in [0.1, 0.15) is 5.75 Å². The third-order valence-corrected chi connectivity index (χ3v) is 5.30. The number of aryl methyl sites for hydroxylation is 1. The molecule has 0 aliphatic carbocycles. The zero-order valence-corrected chi connectivity index (χ0v) is 15.3. The van der Waals surface area contributed by atoms with Gasteiger partial charge in [0.15, 0.2) is 0 Å². The van der Waals surface area contributed by atoms with Gasteiger partial charge in [0.05, 0.1) is 11.6 Å². The van der Waals surface area contributed by atoms with Gasteiger partial charge in [-0.25, -0.2) is 0 Å². The summed E-state index contributed by atoms with van der Waals surface area (Å²) in [7, 11) is 0. The molecule has 5 nitrogen and oxygen atoms in total. The van der Waals surface area contributed by atoms with Crippen molar-refractivity contribution in [2.75, 3.05) is 13.1 Å². The molecule has 0 spiro atoms. The van der Waals surface area contributed by atoms with Crippen molar-refractivity contribution in [1.82, 2.24) is 14.5 Å². The normalized spacial score (nSPS) is 17.6. The van der Waals surface area contributed by atoms with Gasteiger partial charge in [0.25, 0.3) is 5.56 Å². The maximum Gasteiger partial charge on any atom is 0.259 e. The Hall–Kier alpha value is -2.14. The predicted octanol–water partition coefficient (Wildman–Crippen LogP) is 3.10. The van der Waals surface area contributed by atoms with Gasteiger partial charge in [0.2, 0.25) is 0 Å². The lowest BCUT2D eigenvalue weighted by molar-refractivity contribution is 0.154. The third-order valence-electron chi connectivity index (χ3n) is 5.30. The summed E-state index contributed by atoms with van der Waals surface area (Å²) in [5.74, 6) is 0.782. The maximum absolute atomic E-state index is 13.1. The van der Waals surface area contributed by atoms with Crippen molar-refractivity contribution < 1.29 is 5.11 Å². The van der Waals surface area contributed by atoms with Crippen molar-refractivity contribution in [3.63, 3.8) is 0 Å². The molecule has 134 valence electrons. The minimum absolute atomic E-state index is 0.0830. The standard InChI is InChI=1S/C20H27N3O2/c1-4-23-15(3)12-17(24)18(20(23)25)19(16-6-5-9-21-13-16)22-10-7-14(2)8-11-22/h5-6,9,12-14,19,24H,4,7-8,10-11H2,1-3H3/t19-/m1/s1. The van der Waals surface area contributed by atoms with Gasteiger partial charge < -0.3 is 9.67 Å². The summed E-state index contributed by atoms with van der Waals surface area (Å²) in [4.78, 5) is 19.7. The van der Waals surface area contributed by atoms with Crippen molar-refractivity contribution in [3.05, 3.63) is 57.8 Å². The Morgan fingerprint density at radius 3 is 2.68 bits per heavy atom. The van der Waals surface area contributed by atoms with Gasteiger partial charge in [-0.3, -0.25) is 14.7 Å². The Morgan fingerprint density at radius 1 is 1.36 bits per heavy atom. The van der Waals surface area contributed by atoms with E-state index in [-0.39, 0.29) is 17.4 Å². The van der Waals surface area contributed by atoms with Gasteiger partial charge >= 0.3 is 0 Å². The molecule has 25 heavy (non-hydrogen) atoms. The Bertz CT molecular complexity index is 778. The lowest BCUT2D eigenvalue weighted by atomic mass is 9.92. The highest BCUT2D eigenvalue weighted by atomic mass is 16.3. The van der Waals surface area contributed by atoms with Crippen molar-refractivity contribution in [1.29, 1.82) is 0 Å². The molecule has 0 radical (unpaired) electrons.